The lowest BCUT2D eigenvalue weighted by Crippen LogP contribution is -2.54. The molecule has 1 aromatic carbocycles. The second-order valence-electron chi connectivity index (χ2n) is 10.6. The van der Waals surface area contributed by atoms with Gasteiger partial charge in [0, 0.05) is 11.0 Å². The van der Waals surface area contributed by atoms with Crippen LogP contribution in [0.5, 0.6) is 0 Å². The second-order valence-corrected chi connectivity index (χ2v) is 10.6. The van der Waals surface area contributed by atoms with Crippen LogP contribution in [0.1, 0.15) is 70.8 Å². The molecule has 1 aromatic rings. The Morgan fingerprint density at radius 1 is 0.966 bits per heavy atom. The van der Waals surface area contributed by atoms with E-state index in [-0.39, 0.29) is 16.9 Å². The fourth-order valence-corrected chi connectivity index (χ4v) is 7.56. The molecule has 2 heteroatoms. The number of hydrogen-bond donors (Lipinski definition) is 2. The van der Waals surface area contributed by atoms with Crippen LogP contribution in [-0.4, -0.2) is 21.9 Å². The van der Waals surface area contributed by atoms with Gasteiger partial charge in [-0.2, -0.15) is 0 Å². The number of benzene rings is 1. The summed E-state index contributed by atoms with van der Waals surface area (Å²) in [6.45, 7) is 4.77. The Balaban J connectivity index is 1.45. The van der Waals surface area contributed by atoms with Crippen LogP contribution >= 0.6 is 0 Å². The summed E-state index contributed by atoms with van der Waals surface area (Å²) in [4.78, 5) is 0. The van der Waals surface area contributed by atoms with Gasteiger partial charge >= 0.3 is 0 Å². The standard InChI is InChI=1S/C27H34O2/c1-25-14-11-21(28)18-20(25)8-9-22-23(25)12-15-26(2)24(22)13-17-27(26,29)16-10-19-6-4-3-5-7-19/h3-8,21-24,28-29H,9,11-15,17-18H2,1-2H3/t21-,22-,23+,24+,25+,26+,27+/m1/s1. The van der Waals surface area contributed by atoms with Crippen molar-refractivity contribution in [3.8, 4) is 11.8 Å². The molecule has 0 aromatic heterocycles. The van der Waals surface area contributed by atoms with E-state index in [2.05, 4.69) is 31.8 Å². The first-order valence-corrected chi connectivity index (χ1v) is 11.5. The molecular weight excluding hydrogens is 356 g/mol. The highest BCUT2D eigenvalue weighted by Gasteiger charge is 2.63. The lowest BCUT2D eigenvalue weighted by atomic mass is 9.47. The van der Waals surface area contributed by atoms with Gasteiger partial charge in [-0.25, -0.2) is 0 Å². The van der Waals surface area contributed by atoms with Gasteiger partial charge in [0.25, 0.3) is 0 Å². The van der Waals surface area contributed by atoms with Gasteiger partial charge in [-0.1, -0.05) is 55.5 Å². The van der Waals surface area contributed by atoms with Gasteiger partial charge in [0.15, 0.2) is 0 Å². The van der Waals surface area contributed by atoms with Gasteiger partial charge in [0.2, 0.25) is 0 Å². The lowest BCUT2D eigenvalue weighted by Gasteiger charge is -2.58. The van der Waals surface area contributed by atoms with Crippen molar-refractivity contribution in [1.29, 1.82) is 0 Å². The number of fused-ring (bicyclic) bond motifs is 5. The Kier molecular flexibility index (Phi) is 4.50. The summed E-state index contributed by atoms with van der Waals surface area (Å²) in [7, 11) is 0. The first-order chi connectivity index (χ1) is 13.9. The van der Waals surface area contributed by atoms with Gasteiger partial charge in [-0.05, 0) is 86.7 Å². The summed E-state index contributed by atoms with van der Waals surface area (Å²) in [6, 6.07) is 10.1. The quantitative estimate of drug-likeness (QED) is 0.478. The van der Waals surface area contributed by atoms with Gasteiger partial charge in [0.1, 0.15) is 5.60 Å². The molecule has 4 aliphatic rings. The van der Waals surface area contributed by atoms with Crippen molar-refractivity contribution in [1.82, 2.24) is 0 Å². The van der Waals surface area contributed by atoms with E-state index in [1.807, 2.05) is 30.3 Å². The zero-order valence-corrected chi connectivity index (χ0v) is 17.8. The molecule has 29 heavy (non-hydrogen) atoms. The van der Waals surface area contributed by atoms with Crippen LogP contribution in [0.2, 0.25) is 0 Å². The zero-order chi connectivity index (χ0) is 20.3. The van der Waals surface area contributed by atoms with Gasteiger partial charge in [-0.15, -0.1) is 0 Å². The van der Waals surface area contributed by atoms with Gasteiger partial charge in [-0.3, -0.25) is 0 Å². The number of rotatable bonds is 0. The molecular formula is C27H34O2. The Hall–Kier alpha value is -1.56. The molecule has 0 radical (unpaired) electrons. The van der Waals surface area contributed by atoms with E-state index in [1.54, 1.807) is 0 Å². The SMILES string of the molecule is C[C@]12CC[C@@H](O)CC1=CC[C@@H]1[C@@H]2CC[C@@]2(C)[C@H]1CC[C@@]2(O)C#Cc1ccccc1. The molecule has 0 aliphatic heterocycles. The predicted octanol–water partition coefficient (Wildman–Crippen LogP) is 5.09. The summed E-state index contributed by atoms with van der Waals surface area (Å²) in [5.74, 6) is 8.49. The third kappa shape index (κ3) is 2.85. The summed E-state index contributed by atoms with van der Waals surface area (Å²) in [6.07, 6.45) is 10.5. The molecule has 0 bridgehead atoms. The molecule has 3 fully saturated rings. The monoisotopic (exact) mass is 390 g/mol. The van der Waals surface area contributed by atoms with Crippen molar-refractivity contribution in [2.45, 2.75) is 76.9 Å². The van der Waals surface area contributed by atoms with Crippen LogP contribution in [0.3, 0.4) is 0 Å². The molecule has 2 nitrogen and oxygen atoms in total. The van der Waals surface area contributed by atoms with Gasteiger partial charge in [0.05, 0.1) is 6.10 Å². The molecule has 4 aliphatic carbocycles. The van der Waals surface area contributed by atoms with Crippen LogP contribution in [0.15, 0.2) is 42.0 Å². The molecule has 2 N–H and O–H groups in total. The van der Waals surface area contributed by atoms with E-state index in [0.29, 0.717) is 17.8 Å². The Morgan fingerprint density at radius 3 is 2.52 bits per heavy atom. The van der Waals surface area contributed by atoms with Crippen molar-refractivity contribution in [2.75, 3.05) is 0 Å². The van der Waals surface area contributed by atoms with Crippen molar-refractivity contribution < 1.29 is 10.2 Å². The summed E-state index contributed by atoms with van der Waals surface area (Å²) in [5.41, 5.74) is 1.75. The summed E-state index contributed by atoms with van der Waals surface area (Å²) in [5, 5.41) is 21.9. The molecule has 5 rings (SSSR count). The van der Waals surface area contributed by atoms with E-state index in [9.17, 15) is 10.2 Å². The van der Waals surface area contributed by atoms with E-state index < -0.39 is 5.60 Å². The predicted molar refractivity (Wildman–Crippen MR) is 116 cm³/mol. The van der Waals surface area contributed by atoms with Crippen LogP contribution in [0.25, 0.3) is 0 Å². The van der Waals surface area contributed by atoms with Gasteiger partial charge < -0.3 is 10.2 Å². The number of aliphatic hydroxyl groups is 2. The average molecular weight is 391 g/mol. The molecule has 0 unspecified atom stereocenters. The topological polar surface area (TPSA) is 40.5 Å². The fraction of sp³-hybridized carbons (Fsp3) is 0.630. The normalized spacial score (nSPS) is 45.9. The van der Waals surface area contributed by atoms with Crippen molar-refractivity contribution in [3.63, 3.8) is 0 Å². The van der Waals surface area contributed by atoms with Crippen molar-refractivity contribution in [3.05, 3.63) is 47.5 Å². The minimum atomic E-state index is -0.883. The largest absolute Gasteiger partial charge is 0.393 e. The number of aliphatic hydroxyl groups excluding tert-OH is 1. The van der Waals surface area contributed by atoms with E-state index >= 15 is 0 Å². The van der Waals surface area contributed by atoms with E-state index in [4.69, 9.17) is 0 Å². The van der Waals surface area contributed by atoms with Crippen LogP contribution < -0.4 is 0 Å². The highest BCUT2D eigenvalue weighted by molar-refractivity contribution is 5.38. The lowest BCUT2D eigenvalue weighted by molar-refractivity contribution is -0.0970. The maximum absolute atomic E-state index is 11.7. The third-order valence-electron chi connectivity index (χ3n) is 9.42. The fourth-order valence-electron chi connectivity index (χ4n) is 7.56. The highest BCUT2D eigenvalue weighted by Crippen LogP contribution is 2.67. The Morgan fingerprint density at radius 2 is 1.72 bits per heavy atom. The maximum atomic E-state index is 11.7. The first kappa shape index (κ1) is 19.4. The summed E-state index contributed by atoms with van der Waals surface area (Å²) < 4.78 is 0. The maximum Gasteiger partial charge on any atom is 0.131 e. The van der Waals surface area contributed by atoms with Crippen LogP contribution in [0, 0.1) is 40.4 Å². The molecule has 0 amide bonds. The van der Waals surface area contributed by atoms with Crippen molar-refractivity contribution >= 4 is 0 Å². The third-order valence-corrected chi connectivity index (χ3v) is 9.42. The molecule has 154 valence electrons. The number of hydrogen-bond acceptors (Lipinski definition) is 2. The first-order valence-electron chi connectivity index (χ1n) is 11.5. The Bertz CT molecular complexity index is 877. The van der Waals surface area contributed by atoms with Crippen LogP contribution in [0.4, 0.5) is 0 Å². The van der Waals surface area contributed by atoms with E-state index in [1.165, 1.54) is 12.0 Å². The Labute approximate surface area is 175 Å². The minimum absolute atomic E-state index is 0.119. The average Bonchev–Trinajstić information content (AvgIpc) is 2.99. The summed E-state index contributed by atoms with van der Waals surface area (Å²) >= 11 is 0. The number of allylic oxidation sites excluding steroid dienone is 1. The molecule has 3 saturated carbocycles. The molecule has 0 saturated heterocycles. The smallest absolute Gasteiger partial charge is 0.131 e. The highest BCUT2D eigenvalue weighted by atomic mass is 16.3. The minimum Gasteiger partial charge on any atom is -0.393 e. The molecule has 7 atom stereocenters. The van der Waals surface area contributed by atoms with Crippen LogP contribution in [-0.2, 0) is 0 Å². The zero-order valence-electron chi connectivity index (χ0n) is 17.8. The molecule has 0 spiro atoms. The second kappa shape index (κ2) is 6.73. The van der Waals surface area contributed by atoms with E-state index in [0.717, 1.165) is 50.5 Å². The van der Waals surface area contributed by atoms with Crippen molar-refractivity contribution in [2.24, 2.45) is 28.6 Å². The molecule has 0 heterocycles.